The van der Waals surface area contributed by atoms with Crippen LogP contribution in [-0.2, 0) is 0 Å². The van der Waals surface area contributed by atoms with Crippen molar-refractivity contribution in [3.8, 4) is 0 Å². The van der Waals surface area contributed by atoms with Crippen LogP contribution in [0, 0.1) is 12.3 Å². The first-order valence-electron chi connectivity index (χ1n) is 8.16. The Bertz CT molecular complexity index is 128. The van der Waals surface area contributed by atoms with Crippen molar-refractivity contribution in [1.82, 2.24) is 0 Å². The summed E-state index contributed by atoms with van der Waals surface area (Å²) in [5.41, 5.74) is 0. The smallest absolute Gasteiger partial charge is 0.0389 e. The molecule has 0 bridgehead atoms. The van der Waals surface area contributed by atoms with E-state index in [-0.39, 0.29) is 0 Å². The van der Waals surface area contributed by atoms with Gasteiger partial charge in [0, 0.05) is 0 Å². The van der Waals surface area contributed by atoms with Gasteiger partial charge in [0.25, 0.3) is 0 Å². The molecule has 0 aromatic heterocycles. The summed E-state index contributed by atoms with van der Waals surface area (Å²) in [6, 6.07) is 0. The standard InChI is InChI=1S/C17H35/c1-4-7-9-11-12-14-16-17(6-3)15-13-10-8-5-2/h8,17H,4-7,9-16H2,1-3H3. The normalized spacial score (nSPS) is 12.9. The average molecular weight is 239 g/mol. The summed E-state index contributed by atoms with van der Waals surface area (Å²) in [5, 5.41) is 0. The fourth-order valence-corrected chi connectivity index (χ4v) is 2.52. The van der Waals surface area contributed by atoms with Crippen LogP contribution < -0.4 is 0 Å². The highest BCUT2D eigenvalue weighted by atomic mass is 14.1. The summed E-state index contributed by atoms with van der Waals surface area (Å²) >= 11 is 0. The van der Waals surface area contributed by atoms with Gasteiger partial charge in [-0.05, 0) is 12.3 Å². The maximum absolute atomic E-state index is 2.43. The van der Waals surface area contributed by atoms with Gasteiger partial charge in [-0.25, -0.2) is 0 Å². The molecular weight excluding hydrogens is 204 g/mol. The lowest BCUT2D eigenvalue weighted by atomic mass is 9.92. The van der Waals surface area contributed by atoms with Gasteiger partial charge in [0.15, 0.2) is 0 Å². The van der Waals surface area contributed by atoms with Crippen molar-refractivity contribution in [2.75, 3.05) is 0 Å². The van der Waals surface area contributed by atoms with Gasteiger partial charge in [0.05, 0.1) is 0 Å². The summed E-state index contributed by atoms with van der Waals surface area (Å²) in [4.78, 5) is 0. The molecule has 0 heteroatoms. The molecule has 0 rings (SSSR count). The molecule has 0 nitrogen and oxygen atoms in total. The third-order valence-electron chi connectivity index (χ3n) is 3.85. The number of unbranched alkanes of at least 4 members (excludes halogenated alkanes) is 8. The minimum atomic E-state index is 1.01. The highest BCUT2D eigenvalue weighted by molar-refractivity contribution is 4.64. The molecule has 0 amide bonds. The first-order valence-corrected chi connectivity index (χ1v) is 8.16. The SMILES string of the molecule is CC[CH]CCCC(CC)CCCCCCCC. The van der Waals surface area contributed by atoms with E-state index in [1.807, 2.05) is 0 Å². The van der Waals surface area contributed by atoms with Crippen LogP contribution in [0.5, 0.6) is 0 Å². The topological polar surface area (TPSA) is 0 Å². The summed E-state index contributed by atoms with van der Waals surface area (Å²) in [5.74, 6) is 1.01. The van der Waals surface area contributed by atoms with Crippen LogP contribution in [0.3, 0.4) is 0 Å². The van der Waals surface area contributed by atoms with E-state index < -0.39 is 0 Å². The Morgan fingerprint density at radius 3 is 2.06 bits per heavy atom. The van der Waals surface area contributed by atoms with Gasteiger partial charge < -0.3 is 0 Å². The van der Waals surface area contributed by atoms with Crippen LogP contribution in [0.1, 0.15) is 97.8 Å². The van der Waals surface area contributed by atoms with Gasteiger partial charge in [-0.15, -0.1) is 0 Å². The second kappa shape index (κ2) is 14.1. The minimum Gasteiger partial charge on any atom is -0.0654 e. The molecule has 0 N–H and O–H groups in total. The number of hydrogen-bond donors (Lipinski definition) is 0. The molecule has 0 aromatic rings. The van der Waals surface area contributed by atoms with Crippen LogP contribution in [0.2, 0.25) is 0 Å². The first-order chi connectivity index (χ1) is 8.35. The average Bonchev–Trinajstić information content (AvgIpc) is 2.36. The van der Waals surface area contributed by atoms with Crippen molar-refractivity contribution in [1.29, 1.82) is 0 Å². The Labute approximate surface area is 111 Å². The molecular formula is C17H35. The Hall–Kier alpha value is 0. The largest absolute Gasteiger partial charge is 0.0654 e. The fourth-order valence-electron chi connectivity index (χ4n) is 2.52. The predicted molar refractivity (Wildman–Crippen MR) is 80.2 cm³/mol. The first kappa shape index (κ1) is 17.0. The molecule has 0 aliphatic rings. The summed E-state index contributed by atoms with van der Waals surface area (Å²) in [6.07, 6.45) is 19.4. The summed E-state index contributed by atoms with van der Waals surface area (Å²) < 4.78 is 0. The zero-order valence-electron chi connectivity index (χ0n) is 12.6. The molecule has 0 heterocycles. The minimum absolute atomic E-state index is 1.01. The number of rotatable bonds is 13. The van der Waals surface area contributed by atoms with Gasteiger partial charge in [-0.1, -0.05) is 97.8 Å². The molecule has 1 atom stereocenters. The second-order valence-electron chi connectivity index (χ2n) is 5.46. The molecule has 1 radical (unpaired) electrons. The van der Waals surface area contributed by atoms with Crippen molar-refractivity contribution < 1.29 is 0 Å². The van der Waals surface area contributed by atoms with E-state index in [9.17, 15) is 0 Å². The molecule has 0 saturated carbocycles. The highest BCUT2D eigenvalue weighted by Crippen LogP contribution is 2.21. The fraction of sp³-hybridized carbons (Fsp3) is 0.941. The Morgan fingerprint density at radius 2 is 1.41 bits per heavy atom. The quantitative estimate of drug-likeness (QED) is 0.320. The van der Waals surface area contributed by atoms with Gasteiger partial charge >= 0.3 is 0 Å². The van der Waals surface area contributed by atoms with E-state index >= 15 is 0 Å². The summed E-state index contributed by atoms with van der Waals surface area (Å²) in [6.45, 7) is 6.90. The lowest BCUT2D eigenvalue weighted by molar-refractivity contribution is 0.400. The molecule has 103 valence electrons. The maximum atomic E-state index is 2.43. The van der Waals surface area contributed by atoms with Gasteiger partial charge in [0.1, 0.15) is 0 Å². The van der Waals surface area contributed by atoms with E-state index in [1.165, 1.54) is 77.0 Å². The Morgan fingerprint density at radius 1 is 0.765 bits per heavy atom. The summed E-state index contributed by atoms with van der Waals surface area (Å²) in [7, 11) is 0. The van der Waals surface area contributed by atoms with Crippen molar-refractivity contribution >= 4 is 0 Å². The zero-order chi connectivity index (χ0) is 12.8. The van der Waals surface area contributed by atoms with Crippen molar-refractivity contribution in [3.63, 3.8) is 0 Å². The molecule has 0 fully saturated rings. The third-order valence-corrected chi connectivity index (χ3v) is 3.85. The Balaban J connectivity index is 3.28. The number of hydrogen-bond acceptors (Lipinski definition) is 0. The van der Waals surface area contributed by atoms with Crippen molar-refractivity contribution in [2.45, 2.75) is 97.8 Å². The second-order valence-corrected chi connectivity index (χ2v) is 5.46. The predicted octanol–water partition coefficient (Wildman–Crippen LogP) is 6.55. The third kappa shape index (κ3) is 12.2. The monoisotopic (exact) mass is 239 g/mol. The van der Waals surface area contributed by atoms with Crippen LogP contribution >= 0.6 is 0 Å². The van der Waals surface area contributed by atoms with Gasteiger partial charge in [0.2, 0.25) is 0 Å². The van der Waals surface area contributed by atoms with Crippen molar-refractivity contribution in [2.24, 2.45) is 5.92 Å². The maximum Gasteiger partial charge on any atom is -0.0389 e. The van der Waals surface area contributed by atoms with Crippen LogP contribution in [-0.4, -0.2) is 0 Å². The zero-order valence-corrected chi connectivity index (χ0v) is 12.6. The molecule has 1 unspecified atom stereocenters. The molecule has 0 spiro atoms. The van der Waals surface area contributed by atoms with Gasteiger partial charge in [-0.2, -0.15) is 0 Å². The van der Waals surface area contributed by atoms with E-state index in [0.29, 0.717) is 0 Å². The van der Waals surface area contributed by atoms with E-state index in [1.54, 1.807) is 0 Å². The molecule has 17 heavy (non-hydrogen) atoms. The highest BCUT2D eigenvalue weighted by Gasteiger charge is 2.05. The lowest BCUT2D eigenvalue weighted by Gasteiger charge is -2.14. The van der Waals surface area contributed by atoms with E-state index in [4.69, 9.17) is 0 Å². The Kier molecular flexibility index (Phi) is 14.1. The van der Waals surface area contributed by atoms with Crippen LogP contribution in [0.15, 0.2) is 0 Å². The molecule has 0 saturated heterocycles. The van der Waals surface area contributed by atoms with Crippen LogP contribution in [0.4, 0.5) is 0 Å². The van der Waals surface area contributed by atoms with Crippen molar-refractivity contribution in [3.05, 3.63) is 6.42 Å². The molecule has 0 aliphatic carbocycles. The van der Waals surface area contributed by atoms with Gasteiger partial charge in [-0.3, -0.25) is 0 Å². The molecule has 0 aliphatic heterocycles. The lowest BCUT2D eigenvalue weighted by Crippen LogP contribution is -1.99. The van der Waals surface area contributed by atoms with E-state index in [0.717, 1.165) is 5.92 Å². The molecule has 0 aromatic carbocycles. The van der Waals surface area contributed by atoms with E-state index in [2.05, 4.69) is 27.2 Å². The van der Waals surface area contributed by atoms with Crippen LogP contribution in [0.25, 0.3) is 0 Å².